The van der Waals surface area contributed by atoms with Gasteiger partial charge in [0.2, 0.25) is 0 Å². The molecular formula is C15H18O2. The summed E-state index contributed by atoms with van der Waals surface area (Å²) in [5, 5.41) is 9.50. The minimum Gasteiger partial charge on any atom is -0.513 e. The van der Waals surface area contributed by atoms with Crippen LogP contribution in [-0.4, -0.2) is 10.9 Å². The van der Waals surface area contributed by atoms with Crippen molar-refractivity contribution >= 4 is 5.78 Å². The third kappa shape index (κ3) is 2.76. The lowest BCUT2D eigenvalue weighted by Gasteiger charge is -2.18. The second-order valence-corrected chi connectivity index (χ2v) is 4.86. The maximum Gasteiger partial charge on any atom is 0.140 e. The molecule has 1 unspecified atom stereocenters. The van der Waals surface area contributed by atoms with Gasteiger partial charge >= 0.3 is 0 Å². The first kappa shape index (κ1) is 11.9. The molecule has 0 radical (unpaired) electrons. The molecule has 90 valence electrons. The number of benzene rings is 1. The standard InChI is InChI=1S/C15H18O2/c1-10-3-4-12(11(2)7-10)8-13-9-14(16)5-6-15(13)17/h3-4,7,9,13,16H,5-6,8H2,1-2H3. The molecule has 2 heteroatoms. The lowest BCUT2D eigenvalue weighted by atomic mass is 9.86. The summed E-state index contributed by atoms with van der Waals surface area (Å²) in [7, 11) is 0. The quantitative estimate of drug-likeness (QED) is 0.846. The monoisotopic (exact) mass is 230 g/mol. The maximum absolute atomic E-state index is 11.8. The zero-order valence-electron chi connectivity index (χ0n) is 10.4. The molecule has 1 aliphatic carbocycles. The van der Waals surface area contributed by atoms with Crippen LogP contribution in [0.4, 0.5) is 0 Å². The number of carbonyl (C=O) groups excluding carboxylic acids is 1. The van der Waals surface area contributed by atoms with E-state index in [4.69, 9.17) is 0 Å². The Kier molecular flexibility index (Phi) is 3.32. The molecule has 0 bridgehead atoms. The van der Waals surface area contributed by atoms with E-state index in [0.29, 0.717) is 25.0 Å². The van der Waals surface area contributed by atoms with Gasteiger partial charge in [-0.2, -0.15) is 0 Å². The molecule has 0 heterocycles. The van der Waals surface area contributed by atoms with Crippen LogP contribution in [0, 0.1) is 19.8 Å². The lowest BCUT2D eigenvalue weighted by molar-refractivity contribution is -0.122. The highest BCUT2D eigenvalue weighted by atomic mass is 16.3. The van der Waals surface area contributed by atoms with E-state index in [9.17, 15) is 9.90 Å². The summed E-state index contributed by atoms with van der Waals surface area (Å²) in [6, 6.07) is 6.28. The van der Waals surface area contributed by atoms with Crippen LogP contribution in [0.15, 0.2) is 30.0 Å². The zero-order chi connectivity index (χ0) is 12.4. The third-order valence-electron chi connectivity index (χ3n) is 3.37. The Morgan fingerprint density at radius 2 is 2.06 bits per heavy atom. The average Bonchev–Trinajstić information content (AvgIpc) is 2.27. The molecule has 0 fully saturated rings. The highest BCUT2D eigenvalue weighted by Crippen LogP contribution is 2.23. The number of aryl methyl sites for hydroxylation is 2. The summed E-state index contributed by atoms with van der Waals surface area (Å²) in [4.78, 5) is 11.8. The van der Waals surface area contributed by atoms with Gasteiger partial charge in [0.05, 0.1) is 5.76 Å². The number of aliphatic hydroxyl groups excluding tert-OH is 1. The van der Waals surface area contributed by atoms with Crippen molar-refractivity contribution in [3.05, 3.63) is 46.7 Å². The molecule has 0 amide bonds. The smallest absolute Gasteiger partial charge is 0.140 e. The van der Waals surface area contributed by atoms with Crippen LogP contribution in [0.25, 0.3) is 0 Å². The number of carbonyl (C=O) groups is 1. The van der Waals surface area contributed by atoms with Crippen molar-refractivity contribution in [2.24, 2.45) is 5.92 Å². The van der Waals surface area contributed by atoms with Gasteiger partial charge in [0, 0.05) is 18.8 Å². The minimum atomic E-state index is -0.148. The van der Waals surface area contributed by atoms with Gasteiger partial charge in [-0.3, -0.25) is 4.79 Å². The first-order valence-electron chi connectivity index (χ1n) is 6.05. The molecule has 1 aromatic rings. The Balaban J connectivity index is 2.20. The lowest BCUT2D eigenvalue weighted by Crippen LogP contribution is -2.19. The van der Waals surface area contributed by atoms with Gasteiger partial charge in [-0.05, 0) is 37.5 Å². The van der Waals surface area contributed by atoms with Crippen LogP contribution in [0.5, 0.6) is 0 Å². The normalized spacial score (nSPS) is 20.2. The van der Waals surface area contributed by atoms with E-state index < -0.39 is 0 Å². The van der Waals surface area contributed by atoms with Gasteiger partial charge in [-0.15, -0.1) is 0 Å². The zero-order valence-corrected chi connectivity index (χ0v) is 10.4. The predicted molar refractivity (Wildman–Crippen MR) is 68.1 cm³/mol. The summed E-state index contributed by atoms with van der Waals surface area (Å²) in [6.45, 7) is 4.13. The van der Waals surface area contributed by atoms with Crippen LogP contribution in [0.3, 0.4) is 0 Å². The minimum absolute atomic E-state index is 0.148. The Bertz CT molecular complexity index is 472. The van der Waals surface area contributed by atoms with E-state index in [1.807, 2.05) is 0 Å². The molecule has 17 heavy (non-hydrogen) atoms. The summed E-state index contributed by atoms with van der Waals surface area (Å²) in [6.07, 6.45) is 3.39. The fraction of sp³-hybridized carbons (Fsp3) is 0.400. The van der Waals surface area contributed by atoms with E-state index in [0.717, 1.165) is 0 Å². The van der Waals surface area contributed by atoms with Crippen molar-refractivity contribution in [1.82, 2.24) is 0 Å². The predicted octanol–water partition coefficient (Wildman–Crippen LogP) is 3.27. The largest absolute Gasteiger partial charge is 0.513 e. The third-order valence-corrected chi connectivity index (χ3v) is 3.37. The summed E-state index contributed by atoms with van der Waals surface area (Å²) in [5.41, 5.74) is 3.65. The number of rotatable bonds is 2. The van der Waals surface area contributed by atoms with Gasteiger partial charge in [-0.1, -0.05) is 23.8 Å². The van der Waals surface area contributed by atoms with Crippen LogP contribution in [0.1, 0.15) is 29.5 Å². The van der Waals surface area contributed by atoms with Crippen LogP contribution < -0.4 is 0 Å². The molecule has 2 rings (SSSR count). The summed E-state index contributed by atoms with van der Waals surface area (Å²) in [5.74, 6) is 0.451. The number of hydrogen-bond acceptors (Lipinski definition) is 2. The highest BCUT2D eigenvalue weighted by molar-refractivity contribution is 5.84. The number of allylic oxidation sites excluding steroid dienone is 2. The van der Waals surface area contributed by atoms with Gasteiger partial charge in [0.25, 0.3) is 0 Å². The Morgan fingerprint density at radius 1 is 1.29 bits per heavy atom. The molecule has 0 spiro atoms. The van der Waals surface area contributed by atoms with Gasteiger partial charge < -0.3 is 5.11 Å². The van der Waals surface area contributed by atoms with Crippen LogP contribution in [-0.2, 0) is 11.2 Å². The number of aliphatic hydroxyl groups is 1. The average molecular weight is 230 g/mol. The van der Waals surface area contributed by atoms with E-state index in [1.165, 1.54) is 16.7 Å². The molecule has 0 aromatic heterocycles. The fourth-order valence-corrected chi connectivity index (χ4v) is 2.33. The maximum atomic E-state index is 11.8. The van der Waals surface area contributed by atoms with Crippen molar-refractivity contribution in [3.8, 4) is 0 Å². The van der Waals surface area contributed by atoms with Crippen molar-refractivity contribution in [3.63, 3.8) is 0 Å². The number of Topliss-reactive ketones (excluding diaryl/α,β-unsaturated/α-hetero) is 1. The molecule has 2 nitrogen and oxygen atoms in total. The SMILES string of the molecule is Cc1ccc(CC2C=C(O)CCC2=O)c(C)c1. The number of hydrogen-bond donors (Lipinski definition) is 1. The van der Waals surface area contributed by atoms with E-state index in [-0.39, 0.29) is 11.7 Å². The molecule has 1 atom stereocenters. The molecular weight excluding hydrogens is 212 g/mol. The van der Waals surface area contributed by atoms with Crippen LogP contribution in [0.2, 0.25) is 0 Å². The first-order chi connectivity index (χ1) is 8.06. The topological polar surface area (TPSA) is 37.3 Å². The molecule has 1 aromatic carbocycles. The van der Waals surface area contributed by atoms with Gasteiger partial charge in [0.15, 0.2) is 0 Å². The molecule has 1 N–H and O–H groups in total. The van der Waals surface area contributed by atoms with Crippen LogP contribution >= 0.6 is 0 Å². The molecule has 1 aliphatic rings. The second kappa shape index (κ2) is 4.74. The van der Waals surface area contributed by atoms with Crippen molar-refractivity contribution < 1.29 is 9.90 Å². The van der Waals surface area contributed by atoms with Gasteiger partial charge in [0.1, 0.15) is 5.78 Å². The Morgan fingerprint density at radius 3 is 2.76 bits per heavy atom. The molecule has 0 saturated heterocycles. The van der Waals surface area contributed by atoms with E-state index in [1.54, 1.807) is 6.08 Å². The summed E-state index contributed by atoms with van der Waals surface area (Å²) < 4.78 is 0. The van der Waals surface area contributed by atoms with Gasteiger partial charge in [-0.25, -0.2) is 0 Å². The second-order valence-electron chi connectivity index (χ2n) is 4.86. The number of ketones is 1. The van der Waals surface area contributed by atoms with Crippen molar-refractivity contribution in [1.29, 1.82) is 0 Å². The molecule has 0 aliphatic heterocycles. The van der Waals surface area contributed by atoms with E-state index in [2.05, 4.69) is 32.0 Å². The van der Waals surface area contributed by atoms with Crippen molar-refractivity contribution in [2.45, 2.75) is 33.1 Å². The van der Waals surface area contributed by atoms with Crippen molar-refractivity contribution in [2.75, 3.05) is 0 Å². The highest BCUT2D eigenvalue weighted by Gasteiger charge is 2.22. The Labute approximate surface area is 102 Å². The van der Waals surface area contributed by atoms with E-state index >= 15 is 0 Å². The first-order valence-corrected chi connectivity index (χ1v) is 6.05. The summed E-state index contributed by atoms with van der Waals surface area (Å²) >= 11 is 0. The molecule has 0 saturated carbocycles. The Hall–Kier alpha value is -1.57. The fourth-order valence-electron chi connectivity index (χ4n) is 2.33.